The Labute approximate surface area is 179 Å². The predicted octanol–water partition coefficient (Wildman–Crippen LogP) is 4.10. The van der Waals surface area contributed by atoms with Gasteiger partial charge in [0.2, 0.25) is 0 Å². The first-order valence-corrected chi connectivity index (χ1v) is 10.2. The molecular weight excluding hydrogens is 390 g/mol. The lowest BCUT2D eigenvalue weighted by Gasteiger charge is -2.18. The van der Waals surface area contributed by atoms with E-state index in [1.807, 2.05) is 60.7 Å². The Kier molecular flexibility index (Phi) is 4.96. The third kappa shape index (κ3) is 4.19. The molecule has 0 saturated carbocycles. The highest BCUT2D eigenvalue weighted by Crippen LogP contribution is 2.29. The Morgan fingerprint density at radius 3 is 2.71 bits per heavy atom. The molecule has 2 heterocycles. The second kappa shape index (κ2) is 8.07. The highest BCUT2D eigenvalue weighted by atomic mass is 16.5. The molecule has 0 radical (unpaired) electrons. The number of Topliss-reactive ketones (excluding diaryl/α,β-unsaturated/α-hetero) is 1. The van der Waals surface area contributed by atoms with Crippen LogP contribution in [0.15, 0.2) is 67.0 Å². The number of hydrogen-bond donors (Lipinski definition) is 2. The Morgan fingerprint density at radius 1 is 0.968 bits per heavy atom. The first kappa shape index (κ1) is 19.1. The van der Waals surface area contributed by atoms with Crippen molar-refractivity contribution >= 4 is 28.4 Å². The molecule has 0 aliphatic carbocycles. The van der Waals surface area contributed by atoms with E-state index < -0.39 is 0 Å². The number of ketones is 1. The van der Waals surface area contributed by atoms with Crippen molar-refractivity contribution in [2.24, 2.45) is 0 Å². The van der Waals surface area contributed by atoms with Crippen LogP contribution in [0.1, 0.15) is 27.0 Å². The van der Waals surface area contributed by atoms with E-state index in [4.69, 9.17) is 4.74 Å². The van der Waals surface area contributed by atoms with Crippen LogP contribution in [0.4, 0.5) is 5.69 Å². The molecule has 3 aromatic carbocycles. The fraction of sp³-hybridized carbons (Fsp3) is 0.160. The van der Waals surface area contributed by atoms with Gasteiger partial charge < -0.3 is 15.0 Å². The number of nitrogens with one attached hydrogen (secondary N) is 2. The van der Waals surface area contributed by atoms with Gasteiger partial charge in [0.1, 0.15) is 5.75 Å². The molecule has 0 saturated heterocycles. The Morgan fingerprint density at radius 2 is 1.81 bits per heavy atom. The molecule has 31 heavy (non-hydrogen) atoms. The van der Waals surface area contributed by atoms with E-state index in [0.29, 0.717) is 17.9 Å². The number of aryl methyl sites for hydroxylation is 2. The second-order valence-corrected chi connectivity index (χ2v) is 7.72. The van der Waals surface area contributed by atoms with Crippen molar-refractivity contribution in [2.75, 3.05) is 11.9 Å². The number of hydrogen-bond acceptors (Lipinski definition) is 4. The number of anilines is 1. The molecule has 154 valence electrons. The lowest BCUT2D eigenvalue weighted by atomic mass is 9.98. The molecule has 6 nitrogen and oxygen atoms in total. The van der Waals surface area contributed by atoms with Crippen LogP contribution in [0, 0.1) is 0 Å². The number of rotatable bonds is 6. The number of benzene rings is 3. The molecule has 1 aromatic heterocycles. The van der Waals surface area contributed by atoms with Crippen molar-refractivity contribution in [3.05, 3.63) is 89.2 Å². The van der Waals surface area contributed by atoms with Gasteiger partial charge in [0.05, 0.1) is 23.0 Å². The minimum atomic E-state index is -0.133. The van der Waals surface area contributed by atoms with Crippen LogP contribution in [-0.4, -0.2) is 28.3 Å². The lowest BCUT2D eigenvalue weighted by molar-refractivity contribution is -0.118. The highest BCUT2D eigenvalue weighted by molar-refractivity contribution is 5.98. The first-order valence-electron chi connectivity index (χ1n) is 10.2. The van der Waals surface area contributed by atoms with E-state index in [0.717, 1.165) is 46.1 Å². The van der Waals surface area contributed by atoms with Gasteiger partial charge in [0.15, 0.2) is 12.4 Å². The zero-order valence-corrected chi connectivity index (χ0v) is 16.9. The van der Waals surface area contributed by atoms with Crippen LogP contribution >= 0.6 is 0 Å². The largest absolute Gasteiger partial charge is 0.482 e. The summed E-state index contributed by atoms with van der Waals surface area (Å²) in [5.41, 5.74) is 6.47. The number of H-pyrrole nitrogens is 1. The SMILES string of the molecule is O=C1COc2cc(CCc3cccc(C(=O)Cc4ccc5nc[nH]c5c4)c3)ccc2N1. The predicted molar refractivity (Wildman–Crippen MR) is 119 cm³/mol. The van der Waals surface area contributed by atoms with E-state index in [2.05, 4.69) is 15.3 Å². The zero-order valence-electron chi connectivity index (χ0n) is 16.9. The van der Waals surface area contributed by atoms with Crippen molar-refractivity contribution in [1.29, 1.82) is 0 Å². The number of ether oxygens (including phenoxy) is 1. The zero-order chi connectivity index (χ0) is 21.2. The number of amides is 1. The number of carbonyl (C=O) groups is 2. The molecule has 0 unspecified atom stereocenters. The summed E-state index contributed by atoms with van der Waals surface area (Å²) in [6, 6.07) is 19.5. The fourth-order valence-corrected chi connectivity index (χ4v) is 3.84. The van der Waals surface area contributed by atoms with Gasteiger partial charge in [0, 0.05) is 12.0 Å². The van der Waals surface area contributed by atoms with Crippen molar-refractivity contribution in [3.8, 4) is 5.75 Å². The van der Waals surface area contributed by atoms with E-state index in [1.54, 1.807) is 6.33 Å². The summed E-state index contributed by atoms with van der Waals surface area (Å²) in [5, 5.41) is 2.80. The molecule has 0 fully saturated rings. The summed E-state index contributed by atoms with van der Waals surface area (Å²) in [7, 11) is 0. The topological polar surface area (TPSA) is 84.1 Å². The van der Waals surface area contributed by atoms with Crippen molar-refractivity contribution in [1.82, 2.24) is 9.97 Å². The van der Waals surface area contributed by atoms with Crippen LogP contribution in [0.25, 0.3) is 11.0 Å². The van der Waals surface area contributed by atoms with Crippen LogP contribution in [-0.2, 0) is 24.1 Å². The lowest BCUT2D eigenvalue weighted by Crippen LogP contribution is -2.25. The Hall–Kier alpha value is -3.93. The smallest absolute Gasteiger partial charge is 0.262 e. The Bertz CT molecular complexity index is 1290. The normalized spacial score (nSPS) is 12.8. The number of aromatic amines is 1. The minimum absolute atomic E-state index is 0.0495. The van der Waals surface area contributed by atoms with Gasteiger partial charge >= 0.3 is 0 Å². The third-order valence-electron chi connectivity index (χ3n) is 5.48. The summed E-state index contributed by atoms with van der Waals surface area (Å²) in [6.45, 7) is 0.0495. The summed E-state index contributed by atoms with van der Waals surface area (Å²) in [4.78, 5) is 31.5. The quantitative estimate of drug-likeness (QED) is 0.468. The molecule has 0 spiro atoms. The Balaban J connectivity index is 1.25. The van der Waals surface area contributed by atoms with Gasteiger partial charge in [-0.3, -0.25) is 9.59 Å². The number of nitrogens with zero attached hydrogens (tertiary/aromatic N) is 1. The van der Waals surface area contributed by atoms with E-state index in [-0.39, 0.29) is 18.3 Å². The van der Waals surface area contributed by atoms with Crippen LogP contribution in [0.2, 0.25) is 0 Å². The molecule has 0 bridgehead atoms. The molecular formula is C25H21N3O3. The van der Waals surface area contributed by atoms with Crippen molar-refractivity contribution in [2.45, 2.75) is 19.3 Å². The maximum absolute atomic E-state index is 12.8. The molecule has 1 amide bonds. The van der Waals surface area contributed by atoms with Gasteiger partial charge in [-0.1, -0.05) is 30.3 Å². The van der Waals surface area contributed by atoms with E-state index >= 15 is 0 Å². The number of fused-ring (bicyclic) bond motifs is 2. The summed E-state index contributed by atoms with van der Waals surface area (Å²) in [6.07, 6.45) is 3.64. The van der Waals surface area contributed by atoms with Gasteiger partial charge in [-0.25, -0.2) is 4.98 Å². The molecule has 2 N–H and O–H groups in total. The van der Waals surface area contributed by atoms with Crippen molar-refractivity contribution in [3.63, 3.8) is 0 Å². The standard InChI is InChI=1S/C25H21N3O3/c29-23(12-18-7-8-20-22(11-18)27-15-26-20)19-3-1-2-16(10-19)4-5-17-6-9-21-24(13-17)31-14-25(30)28-21/h1-3,6-11,13,15H,4-5,12,14H2,(H,26,27)(H,28,30). The molecule has 0 atom stereocenters. The highest BCUT2D eigenvalue weighted by Gasteiger charge is 2.16. The summed E-state index contributed by atoms with van der Waals surface area (Å²) in [5.74, 6) is 0.667. The molecule has 6 heteroatoms. The van der Waals surface area contributed by atoms with Gasteiger partial charge in [-0.15, -0.1) is 0 Å². The fourth-order valence-electron chi connectivity index (χ4n) is 3.84. The third-order valence-corrected chi connectivity index (χ3v) is 5.48. The first-order chi connectivity index (χ1) is 15.1. The maximum atomic E-state index is 12.8. The van der Waals surface area contributed by atoms with Gasteiger partial charge in [0.25, 0.3) is 5.91 Å². The summed E-state index contributed by atoms with van der Waals surface area (Å²) < 4.78 is 5.49. The average Bonchev–Trinajstić information content (AvgIpc) is 3.26. The summed E-state index contributed by atoms with van der Waals surface area (Å²) >= 11 is 0. The van der Waals surface area contributed by atoms with Crippen LogP contribution < -0.4 is 10.1 Å². The van der Waals surface area contributed by atoms with Crippen LogP contribution in [0.3, 0.4) is 0 Å². The average molecular weight is 411 g/mol. The van der Waals surface area contributed by atoms with E-state index in [1.165, 1.54) is 0 Å². The number of imidazole rings is 1. The van der Waals surface area contributed by atoms with Crippen LogP contribution in [0.5, 0.6) is 5.75 Å². The molecule has 4 aromatic rings. The minimum Gasteiger partial charge on any atom is -0.482 e. The molecule has 1 aliphatic heterocycles. The van der Waals surface area contributed by atoms with Gasteiger partial charge in [-0.05, 0) is 59.9 Å². The number of carbonyl (C=O) groups excluding carboxylic acids is 2. The van der Waals surface area contributed by atoms with Crippen molar-refractivity contribution < 1.29 is 14.3 Å². The van der Waals surface area contributed by atoms with E-state index in [9.17, 15) is 9.59 Å². The second-order valence-electron chi connectivity index (χ2n) is 7.72. The monoisotopic (exact) mass is 411 g/mol. The maximum Gasteiger partial charge on any atom is 0.262 e. The number of aromatic nitrogens is 2. The van der Waals surface area contributed by atoms with Gasteiger partial charge in [-0.2, -0.15) is 0 Å². The molecule has 5 rings (SSSR count). The molecule has 1 aliphatic rings.